The van der Waals surface area contributed by atoms with Crippen LogP contribution in [0.3, 0.4) is 0 Å². The van der Waals surface area contributed by atoms with Gasteiger partial charge in [0, 0.05) is 24.3 Å². The van der Waals surface area contributed by atoms with Crippen LogP contribution in [0.4, 0.5) is 4.39 Å². The van der Waals surface area contributed by atoms with Crippen LogP contribution in [0.2, 0.25) is 0 Å². The molecule has 4 saturated carbocycles. The van der Waals surface area contributed by atoms with Gasteiger partial charge in [-0.3, -0.25) is 9.59 Å². The van der Waals surface area contributed by atoms with Crippen molar-refractivity contribution in [1.29, 1.82) is 0 Å². The van der Waals surface area contributed by atoms with Gasteiger partial charge in [-0.05, 0) is 61.7 Å². The SMILES string of the molecule is C[C@]12CC/C(=N\OCCN)CC1C(=O)CC1C2CC[C@]2(C)C(=O)C(F)CC12. The zero-order valence-electron chi connectivity index (χ0n) is 16.4. The molecule has 0 heterocycles. The summed E-state index contributed by atoms with van der Waals surface area (Å²) >= 11 is 0. The molecule has 5 nitrogen and oxygen atoms in total. The number of hydrogen-bond donors (Lipinski definition) is 1. The van der Waals surface area contributed by atoms with Crippen LogP contribution in [0.1, 0.15) is 58.8 Å². The molecule has 6 heteroatoms. The second-order valence-electron chi connectivity index (χ2n) is 9.61. The number of carbonyl (C=O) groups is 2. The second kappa shape index (κ2) is 6.64. The van der Waals surface area contributed by atoms with Crippen LogP contribution >= 0.6 is 0 Å². The summed E-state index contributed by atoms with van der Waals surface area (Å²) in [5.41, 5.74) is 5.75. The summed E-state index contributed by atoms with van der Waals surface area (Å²) in [5.74, 6) is 0.570. The normalized spacial score (nSPS) is 48.1. The van der Waals surface area contributed by atoms with E-state index in [0.29, 0.717) is 38.3 Å². The number of nitrogens with zero attached hydrogens (tertiary/aromatic N) is 1. The first-order chi connectivity index (χ1) is 12.8. The van der Waals surface area contributed by atoms with Gasteiger partial charge in [-0.1, -0.05) is 19.0 Å². The van der Waals surface area contributed by atoms with E-state index in [4.69, 9.17) is 10.6 Å². The number of Topliss-reactive ketones (excluding diaryl/α,β-unsaturated/α-hetero) is 2. The summed E-state index contributed by atoms with van der Waals surface area (Å²) in [4.78, 5) is 30.8. The van der Waals surface area contributed by atoms with Crippen LogP contribution in [0.15, 0.2) is 5.16 Å². The van der Waals surface area contributed by atoms with E-state index >= 15 is 0 Å². The summed E-state index contributed by atoms with van der Waals surface area (Å²) < 4.78 is 14.3. The van der Waals surface area contributed by atoms with Gasteiger partial charge < -0.3 is 10.6 Å². The highest BCUT2D eigenvalue weighted by molar-refractivity contribution is 5.94. The maximum atomic E-state index is 14.3. The third-order valence-electron chi connectivity index (χ3n) is 8.40. The van der Waals surface area contributed by atoms with E-state index in [2.05, 4.69) is 12.1 Å². The fourth-order valence-electron chi connectivity index (χ4n) is 6.87. The summed E-state index contributed by atoms with van der Waals surface area (Å²) in [6.07, 6.45) is 3.54. The van der Waals surface area contributed by atoms with Gasteiger partial charge in [0.25, 0.3) is 0 Å². The van der Waals surface area contributed by atoms with Gasteiger partial charge in [0.1, 0.15) is 12.4 Å². The van der Waals surface area contributed by atoms with E-state index in [1.54, 1.807) is 0 Å². The lowest BCUT2D eigenvalue weighted by atomic mass is 9.45. The van der Waals surface area contributed by atoms with Crippen molar-refractivity contribution in [2.75, 3.05) is 13.2 Å². The largest absolute Gasteiger partial charge is 0.395 e. The molecule has 0 aromatic heterocycles. The molecule has 5 unspecified atom stereocenters. The van der Waals surface area contributed by atoms with E-state index in [-0.39, 0.29) is 34.7 Å². The third kappa shape index (κ3) is 2.78. The molecule has 0 amide bonds. The van der Waals surface area contributed by atoms with Crippen LogP contribution in [0, 0.1) is 34.5 Å². The molecule has 7 atom stereocenters. The average Bonchev–Trinajstić information content (AvgIpc) is 2.87. The Kier molecular flexibility index (Phi) is 4.68. The molecule has 0 aromatic carbocycles. The predicted octanol–water partition coefficient (Wildman–Crippen LogP) is 3.06. The lowest BCUT2D eigenvalue weighted by Crippen LogP contribution is -2.56. The van der Waals surface area contributed by atoms with E-state index < -0.39 is 11.6 Å². The Bertz CT molecular complexity index is 680. The quantitative estimate of drug-likeness (QED) is 0.604. The summed E-state index contributed by atoms with van der Waals surface area (Å²) in [6.45, 7) is 5.00. The van der Waals surface area contributed by atoms with E-state index in [1.165, 1.54) is 0 Å². The Morgan fingerprint density at radius 2 is 2.00 bits per heavy atom. The first-order valence-corrected chi connectivity index (χ1v) is 10.4. The van der Waals surface area contributed by atoms with Crippen LogP contribution in [0.5, 0.6) is 0 Å². The molecule has 27 heavy (non-hydrogen) atoms. The van der Waals surface area contributed by atoms with Crippen LogP contribution in [-0.2, 0) is 14.4 Å². The molecular formula is C21H31FN2O3. The van der Waals surface area contributed by atoms with Gasteiger partial charge >= 0.3 is 0 Å². The van der Waals surface area contributed by atoms with Crippen molar-refractivity contribution in [3.8, 4) is 0 Å². The molecule has 4 fully saturated rings. The number of nitrogens with two attached hydrogens (primary N) is 1. The predicted molar refractivity (Wildman–Crippen MR) is 99.8 cm³/mol. The number of rotatable bonds is 3. The highest BCUT2D eigenvalue weighted by Gasteiger charge is 2.64. The van der Waals surface area contributed by atoms with Crippen LogP contribution in [-0.4, -0.2) is 36.6 Å². The van der Waals surface area contributed by atoms with Gasteiger partial charge in [0.05, 0.1) is 5.71 Å². The lowest BCUT2D eigenvalue weighted by molar-refractivity contribution is -0.152. The number of oxime groups is 1. The number of fused-ring (bicyclic) bond motifs is 5. The Morgan fingerprint density at radius 3 is 2.74 bits per heavy atom. The molecular weight excluding hydrogens is 347 g/mol. The molecule has 4 rings (SSSR count). The number of carbonyl (C=O) groups excluding carboxylic acids is 2. The fourth-order valence-corrected chi connectivity index (χ4v) is 6.87. The number of alkyl halides is 1. The zero-order valence-corrected chi connectivity index (χ0v) is 16.4. The highest BCUT2D eigenvalue weighted by atomic mass is 19.1. The van der Waals surface area contributed by atoms with Gasteiger partial charge in [0.2, 0.25) is 0 Å². The van der Waals surface area contributed by atoms with E-state index in [9.17, 15) is 14.0 Å². The first kappa shape index (κ1) is 19.0. The molecule has 4 aliphatic rings. The van der Waals surface area contributed by atoms with Crippen molar-refractivity contribution >= 4 is 17.3 Å². The van der Waals surface area contributed by atoms with Gasteiger partial charge in [-0.2, -0.15) is 0 Å². The van der Waals surface area contributed by atoms with E-state index in [0.717, 1.165) is 31.4 Å². The van der Waals surface area contributed by atoms with E-state index in [1.807, 2.05) is 6.92 Å². The topological polar surface area (TPSA) is 81.8 Å². The van der Waals surface area contributed by atoms with Crippen molar-refractivity contribution < 1.29 is 18.8 Å². The van der Waals surface area contributed by atoms with Crippen molar-refractivity contribution in [3.05, 3.63) is 0 Å². The minimum Gasteiger partial charge on any atom is -0.395 e. The molecule has 0 aromatic rings. The van der Waals surface area contributed by atoms with Gasteiger partial charge in [0.15, 0.2) is 12.0 Å². The fraction of sp³-hybridized carbons (Fsp3) is 0.857. The van der Waals surface area contributed by atoms with Crippen molar-refractivity contribution in [3.63, 3.8) is 0 Å². The molecule has 0 saturated heterocycles. The third-order valence-corrected chi connectivity index (χ3v) is 8.40. The molecule has 2 N–H and O–H groups in total. The summed E-state index contributed by atoms with van der Waals surface area (Å²) in [5, 5.41) is 4.21. The maximum Gasteiger partial charge on any atom is 0.173 e. The maximum absolute atomic E-state index is 14.3. The second-order valence-corrected chi connectivity index (χ2v) is 9.61. The minimum absolute atomic E-state index is 0.0171. The standard InChI is InChI=1S/C21H31FN2O3/c1-20-5-3-12(24-27-8-7-23)9-16(20)18(25)10-13-14(20)4-6-21(2)15(13)11-17(22)19(21)26/h13-17H,3-11,23H2,1-2H3/b24-12+/t13?,14?,15?,16?,17?,20-,21+/m1/s1. The lowest BCUT2D eigenvalue weighted by Gasteiger charge is -2.58. The Labute approximate surface area is 160 Å². The molecule has 4 aliphatic carbocycles. The van der Waals surface area contributed by atoms with Gasteiger partial charge in [-0.15, -0.1) is 0 Å². The molecule has 0 spiro atoms. The van der Waals surface area contributed by atoms with Crippen LogP contribution < -0.4 is 5.73 Å². The van der Waals surface area contributed by atoms with Crippen LogP contribution in [0.25, 0.3) is 0 Å². The smallest absolute Gasteiger partial charge is 0.173 e. The summed E-state index contributed by atoms with van der Waals surface area (Å²) in [7, 11) is 0. The molecule has 0 radical (unpaired) electrons. The Hall–Kier alpha value is -1.30. The van der Waals surface area contributed by atoms with Crippen molar-refractivity contribution in [2.24, 2.45) is 45.4 Å². The van der Waals surface area contributed by atoms with Crippen molar-refractivity contribution in [2.45, 2.75) is 65.0 Å². The first-order valence-electron chi connectivity index (χ1n) is 10.4. The number of ketones is 2. The monoisotopic (exact) mass is 378 g/mol. The summed E-state index contributed by atoms with van der Waals surface area (Å²) in [6, 6.07) is 0. The van der Waals surface area contributed by atoms with Crippen molar-refractivity contribution in [1.82, 2.24) is 0 Å². The number of halogens is 1. The molecule has 150 valence electrons. The Morgan fingerprint density at radius 1 is 1.22 bits per heavy atom. The highest BCUT2D eigenvalue weighted by Crippen LogP contribution is 2.64. The number of hydrogen-bond acceptors (Lipinski definition) is 5. The zero-order chi connectivity index (χ0) is 19.4. The minimum atomic E-state index is -1.34. The molecule has 0 aliphatic heterocycles. The van der Waals surface area contributed by atoms with Gasteiger partial charge in [-0.25, -0.2) is 4.39 Å². The molecule has 0 bridgehead atoms. The Balaban J connectivity index is 1.58. The average molecular weight is 378 g/mol.